The maximum atomic E-state index is 12.3. The summed E-state index contributed by atoms with van der Waals surface area (Å²) in [5.74, 6) is -0.598. The molecule has 0 aliphatic carbocycles. The van der Waals surface area contributed by atoms with E-state index in [9.17, 15) is 14.7 Å². The SMILES string of the molecule is CC/C=C\C/C=C\C/C=C\C/C=C\C/C=C\C/C=C\CCCCCCCCC(=O)OC(CO)COC(=O)CCCCCCCCCCCCCCCCCCCCCCCCCCCCCCCCC. The van der Waals surface area contributed by atoms with Crippen molar-refractivity contribution in [2.45, 2.75) is 315 Å². The highest BCUT2D eigenvalue weighted by atomic mass is 16.6. The van der Waals surface area contributed by atoms with Crippen molar-refractivity contribution in [2.24, 2.45) is 0 Å². The first-order valence-corrected chi connectivity index (χ1v) is 30.5. The Bertz CT molecular complexity index is 1240. The Kier molecular flexibility index (Phi) is 58.3. The molecule has 0 fully saturated rings. The number of aliphatic hydroxyl groups excluding tert-OH is 1. The van der Waals surface area contributed by atoms with Crippen LogP contribution in [-0.4, -0.2) is 36.4 Å². The number of carbonyl (C=O) groups excluding carboxylic acids is 2. The van der Waals surface area contributed by atoms with E-state index in [1.54, 1.807) is 0 Å². The zero-order valence-corrected chi connectivity index (χ0v) is 46.5. The molecular formula is C65H116O5. The first-order chi connectivity index (χ1) is 34.6. The minimum atomic E-state index is -0.784. The summed E-state index contributed by atoms with van der Waals surface area (Å²) in [5.41, 5.74) is 0. The summed E-state index contributed by atoms with van der Waals surface area (Å²) in [5, 5.41) is 9.67. The molecule has 5 heteroatoms. The van der Waals surface area contributed by atoms with Crippen LogP contribution in [0.2, 0.25) is 0 Å². The van der Waals surface area contributed by atoms with Gasteiger partial charge in [0.25, 0.3) is 0 Å². The molecule has 0 amide bonds. The van der Waals surface area contributed by atoms with E-state index >= 15 is 0 Å². The lowest BCUT2D eigenvalue weighted by molar-refractivity contribution is -0.161. The molecule has 70 heavy (non-hydrogen) atoms. The molecule has 0 aromatic rings. The number of aliphatic hydroxyl groups is 1. The molecule has 0 aliphatic rings. The van der Waals surface area contributed by atoms with Crippen LogP contribution in [0.1, 0.15) is 309 Å². The third-order valence-corrected chi connectivity index (χ3v) is 13.5. The van der Waals surface area contributed by atoms with Crippen LogP contribution in [0.5, 0.6) is 0 Å². The summed E-state index contributed by atoms with van der Waals surface area (Å²) in [7, 11) is 0. The van der Waals surface area contributed by atoms with E-state index < -0.39 is 6.10 Å². The number of carbonyl (C=O) groups is 2. The van der Waals surface area contributed by atoms with Crippen molar-refractivity contribution in [2.75, 3.05) is 13.2 Å². The van der Waals surface area contributed by atoms with Gasteiger partial charge in [0.15, 0.2) is 6.10 Å². The molecule has 0 radical (unpaired) electrons. The second-order valence-electron chi connectivity index (χ2n) is 20.4. The van der Waals surface area contributed by atoms with Gasteiger partial charge < -0.3 is 14.6 Å². The Hall–Kier alpha value is -2.66. The average Bonchev–Trinajstić information content (AvgIpc) is 3.36. The summed E-state index contributed by atoms with van der Waals surface area (Å²) in [6.45, 7) is 4.05. The van der Waals surface area contributed by atoms with Gasteiger partial charge in [-0.05, 0) is 64.2 Å². The first kappa shape index (κ1) is 67.3. The van der Waals surface area contributed by atoms with Crippen molar-refractivity contribution in [3.05, 3.63) is 72.9 Å². The lowest BCUT2D eigenvalue weighted by Crippen LogP contribution is -2.28. The topological polar surface area (TPSA) is 72.8 Å². The summed E-state index contributed by atoms with van der Waals surface area (Å²) >= 11 is 0. The third-order valence-electron chi connectivity index (χ3n) is 13.5. The monoisotopic (exact) mass is 977 g/mol. The molecule has 0 aromatic heterocycles. The van der Waals surface area contributed by atoms with E-state index in [1.165, 1.54) is 199 Å². The Labute approximate surface area is 435 Å². The number of allylic oxidation sites excluding steroid dienone is 12. The van der Waals surface area contributed by atoms with E-state index in [2.05, 4.69) is 86.8 Å². The lowest BCUT2D eigenvalue weighted by atomic mass is 10.0. The first-order valence-electron chi connectivity index (χ1n) is 30.5. The van der Waals surface area contributed by atoms with Crippen molar-refractivity contribution < 1.29 is 24.2 Å². The van der Waals surface area contributed by atoms with Crippen LogP contribution in [0, 0.1) is 0 Å². The molecule has 0 spiro atoms. The van der Waals surface area contributed by atoms with Crippen molar-refractivity contribution >= 4 is 11.9 Å². The van der Waals surface area contributed by atoms with Crippen molar-refractivity contribution in [3.8, 4) is 0 Å². The molecule has 0 saturated carbocycles. The van der Waals surface area contributed by atoms with Crippen LogP contribution >= 0.6 is 0 Å². The van der Waals surface area contributed by atoms with Gasteiger partial charge >= 0.3 is 11.9 Å². The fraction of sp³-hybridized carbons (Fsp3) is 0.785. The van der Waals surface area contributed by atoms with Gasteiger partial charge in [0.2, 0.25) is 0 Å². The van der Waals surface area contributed by atoms with E-state index in [1.807, 2.05) is 0 Å². The highest BCUT2D eigenvalue weighted by molar-refractivity contribution is 5.70. The number of hydrogen-bond acceptors (Lipinski definition) is 5. The van der Waals surface area contributed by atoms with Crippen molar-refractivity contribution in [1.82, 2.24) is 0 Å². The normalized spacial score (nSPS) is 12.7. The van der Waals surface area contributed by atoms with Crippen LogP contribution in [0.15, 0.2) is 72.9 Å². The summed E-state index contributed by atoms with van der Waals surface area (Å²) in [6, 6.07) is 0. The fourth-order valence-electron chi connectivity index (χ4n) is 8.97. The minimum Gasteiger partial charge on any atom is -0.462 e. The molecule has 0 saturated heterocycles. The van der Waals surface area contributed by atoms with E-state index in [-0.39, 0.29) is 25.2 Å². The molecule has 0 aliphatic heterocycles. The van der Waals surface area contributed by atoms with Gasteiger partial charge in [0.05, 0.1) is 6.61 Å². The van der Waals surface area contributed by atoms with Gasteiger partial charge in [0, 0.05) is 12.8 Å². The molecule has 0 rings (SSSR count). The van der Waals surface area contributed by atoms with Gasteiger partial charge in [-0.3, -0.25) is 9.59 Å². The zero-order chi connectivity index (χ0) is 50.6. The number of hydrogen-bond donors (Lipinski definition) is 1. The fourth-order valence-corrected chi connectivity index (χ4v) is 8.97. The lowest BCUT2D eigenvalue weighted by Gasteiger charge is -2.15. The number of ether oxygens (including phenoxy) is 2. The van der Waals surface area contributed by atoms with Crippen LogP contribution < -0.4 is 0 Å². The average molecular weight is 978 g/mol. The standard InChI is InChI=1S/C65H116O5/c1-3-5-7-9-11-13-15-17-19-21-23-25-27-29-30-31-32-33-34-36-37-39-41-43-45-47-49-51-53-55-57-59-64(67)69-62-63(61-66)70-65(68)60-58-56-54-52-50-48-46-44-42-40-38-35-28-26-24-22-20-18-16-14-12-10-8-6-4-2/h6,8,12,14,18,20,24,26,35,38,42,44,63,66H,3-5,7,9-11,13,15-17,19,21-23,25,27-34,36-37,39-41,43,45-62H2,1-2H3/b8-6-,14-12-,20-18-,26-24-,38-35-,44-42-. The predicted molar refractivity (Wildman–Crippen MR) is 306 cm³/mol. The molecule has 1 unspecified atom stereocenters. The van der Waals surface area contributed by atoms with Gasteiger partial charge in [-0.15, -0.1) is 0 Å². The highest BCUT2D eigenvalue weighted by Crippen LogP contribution is 2.18. The second-order valence-corrected chi connectivity index (χ2v) is 20.4. The van der Waals surface area contributed by atoms with E-state index in [0.717, 1.165) is 83.5 Å². The maximum absolute atomic E-state index is 12.3. The molecule has 0 aromatic carbocycles. The van der Waals surface area contributed by atoms with Crippen molar-refractivity contribution in [3.63, 3.8) is 0 Å². The van der Waals surface area contributed by atoms with Gasteiger partial charge in [-0.25, -0.2) is 0 Å². The smallest absolute Gasteiger partial charge is 0.306 e. The maximum Gasteiger partial charge on any atom is 0.306 e. The van der Waals surface area contributed by atoms with Gasteiger partial charge in [-0.1, -0.05) is 305 Å². The van der Waals surface area contributed by atoms with Crippen LogP contribution in [0.4, 0.5) is 0 Å². The molecule has 1 N–H and O–H groups in total. The van der Waals surface area contributed by atoms with Crippen LogP contribution in [0.25, 0.3) is 0 Å². The van der Waals surface area contributed by atoms with Crippen molar-refractivity contribution in [1.29, 1.82) is 0 Å². The van der Waals surface area contributed by atoms with Gasteiger partial charge in [0.1, 0.15) is 6.61 Å². The van der Waals surface area contributed by atoms with Crippen LogP contribution in [0.3, 0.4) is 0 Å². The molecular weight excluding hydrogens is 861 g/mol. The Morgan fingerprint density at radius 2 is 0.614 bits per heavy atom. The molecule has 5 nitrogen and oxygen atoms in total. The van der Waals surface area contributed by atoms with E-state index in [0.29, 0.717) is 12.8 Å². The summed E-state index contributed by atoms with van der Waals surface area (Å²) in [6.07, 6.45) is 83.3. The van der Waals surface area contributed by atoms with E-state index in [4.69, 9.17) is 9.47 Å². The largest absolute Gasteiger partial charge is 0.462 e. The quantitative estimate of drug-likeness (QED) is 0.0373. The third kappa shape index (κ3) is 57.9. The molecule has 1 atom stereocenters. The molecule has 0 heterocycles. The zero-order valence-electron chi connectivity index (χ0n) is 46.5. The number of esters is 2. The summed E-state index contributed by atoms with van der Waals surface area (Å²) in [4.78, 5) is 24.6. The second kappa shape index (κ2) is 60.6. The number of unbranched alkanes of at least 4 members (excludes halogenated alkanes) is 36. The molecule has 0 bridgehead atoms. The molecule has 406 valence electrons. The van der Waals surface area contributed by atoms with Gasteiger partial charge in [-0.2, -0.15) is 0 Å². The predicted octanol–water partition coefficient (Wildman–Crippen LogP) is 20.8. The highest BCUT2D eigenvalue weighted by Gasteiger charge is 2.16. The number of rotatable bonds is 56. The Morgan fingerprint density at radius 1 is 0.343 bits per heavy atom. The van der Waals surface area contributed by atoms with Crippen LogP contribution in [-0.2, 0) is 19.1 Å². The summed E-state index contributed by atoms with van der Waals surface area (Å²) < 4.78 is 10.7. The minimum absolute atomic E-state index is 0.0720. The Balaban J connectivity index is 3.47. The Morgan fingerprint density at radius 3 is 0.929 bits per heavy atom.